The number of nitrogens with one attached hydrogen (secondary N) is 1. The normalized spacial score (nSPS) is 13.5. The van der Waals surface area contributed by atoms with Gasteiger partial charge < -0.3 is 20.9 Å². The van der Waals surface area contributed by atoms with Crippen molar-refractivity contribution < 1.29 is 23.8 Å². The highest BCUT2D eigenvalue weighted by Crippen LogP contribution is 2.19. The number of hydrogen-bond donors (Lipinski definition) is 3. The van der Waals surface area contributed by atoms with Crippen molar-refractivity contribution in [1.29, 1.82) is 0 Å². The van der Waals surface area contributed by atoms with Crippen LogP contribution in [0.25, 0.3) is 0 Å². The number of benzene rings is 1. The Morgan fingerprint density at radius 1 is 1.43 bits per heavy atom. The lowest BCUT2D eigenvalue weighted by Crippen LogP contribution is -2.42. The molecule has 1 aromatic rings. The number of carboxylic acids is 1. The summed E-state index contributed by atoms with van der Waals surface area (Å²) in [6.45, 7) is 3.80. The van der Waals surface area contributed by atoms with Crippen LogP contribution in [0.4, 0.5) is 4.39 Å². The monoisotopic (exact) mass is 298 g/mol. The second kappa shape index (κ2) is 7.70. The maximum Gasteiger partial charge on any atom is 0.322 e. The third-order valence-corrected chi connectivity index (χ3v) is 2.87. The lowest BCUT2D eigenvalue weighted by Gasteiger charge is -2.14. The molecule has 1 amide bonds. The average molecular weight is 298 g/mol. The minimum Gasteiger partial charge on any atom is -0.480 e. The molecule has 0 aromatic heterocycles. The molecular formula is C14H19FN2O4. The third-order valence-electron chi connectivity index (χ3n) is 2.87. The Morgan fingerprint density at radius 2 is 2.10 bits per heavy atom. The number of amides is 1. The molecule has 0 fully saturated rings. The summed E-state index contributed by atoms with van der Waals surface area (Å²) < 4.78 is 18.9. The number of rotatable bonds is 7. The Balaban J connectivity index is 2.82. The zero-order valence-electron chi connectivity index (χ0n) is 11.9. The van der Waals surface area contributed by atoms with E-state index in [1.54, 1.807) is 6.92 Å². The lowest BCUT2D eigenvalue weighted by molar-refractivity contribution is -0.138. The topological polar surface area (TPSA) is 102 Å². The first-order valence-electron chi connectivity index (χ1n) is 6.53. The van der Waals surface area contributed by atoms with Crippen LogP contribution in [0.5, 0.6) is 0 Å². The van der Waals surface area contributed by atoms with Crippen LogP contribution in [0.3, 0.4) is 0 Å². The summed E-state index contributed by atoms with van der Waals surface area (Å²) in [5.41, 5.74) is 5.91. The van der Waals surface area contributed by atoms with Gasteiger partial charge in [0.2, 0.25) is 0 Å². The molecule has 0 heterocycles. The molecule has 4 N–H and O–H groups in total. The summed E-state index contributed by atoms with van der Waals surface area (Å²) in [7, 11) is 0. The quantitative estimate of drug-likeness (QED) is 0.699. The third kappa shape index (κ3) is 5.13. The summed E-state index contributed by atoms with van der Waals surface area (Å²) in [6.07, 6.45) is -0.349. The van der Waals surface area contributed by atoms with Crippen LogP contribution in [0.2, 0.25) is 0 Å². The molecule has 2 atom stereocenters. The van der Waals surface area contributed by atoms with Crippen molar-refractivity contribution >= 4 is 11.9 Å². The van der Waals surface area contributed by atoms with Crippen LogP contribution in [0, 0.1) is 5.82 Å². The molecule has 0 aliphatic rings. The molecule has 1 rings (SSSR count). The Morgan fingerprint density at radius 3 is 2.67 bits per heavy atom. The van der Waals surface area contributed by atoms with Crippen LogP contribution in [-0.2, 0) is 9.53 Å². The van der Waals surface area contributed by atoms with Crippen molar-refractivity contribution in [2.45, 2.75) is 26.0 Å². The van der Waals surface area contributed by atoms with E-state index < -0.39 is 23.7 Å². The summed E-state index contributed by atoms with van der Waals surface area (Å²) in [5, 5.41) is 11.0. The zero-order chi connectivity index (χ0) is 16.0. The summed E-state index contributed by atoms with van der Waals surface area (Å²) in [4.78, 5) is 22.5. The molecular weight excluding hydrogens is 279 g/mol. The van der Waals surface area contributed by atoms with Gasteiger partial charge in [0.25, 0.3) is 5.91 Å². The highest BCUT2D eigenvalue weighted by molar-refractivity contribution is 5.94. The minimum atomic E-state index is -1.22. The van der Waals surface area contributed by atoms with Crippen molar-refractivity contribution in [3.63, 3.8) is 0 Å². The van der Waals surface area contributed by atoms with E-state index in [2.05, 4.69) is 5.32 Å². The van der Waals surface area contributed by atoms with E-state index >= 15 is 0 Å². The van der Waals surface area contributed by atoms with E-state index in [-0.39, 0.29) is 18.2 Å². The van der Waals surface area contributed by atoms with Crippen molar-refractivity contribution in [3.05, 3.63) is 35.1 Å². The molecule has 0 aliphatic heterocycles. The predicted octanol–water partition coefficient (Wildman–Crippen LogP) is 1.06. The van der Waals surface area contributed by atoms with Gasteiger partial charge in [-0.1, -0.05) is 0 Å². The average Bonchev–Trinajstić information content (AvgIpc) is 2.43. The summed E-state index contributed by atoms with van der Waals surface area (Å²) >= 11 is 0. The smallest absolute Gasteiger partial charge is 0.322 e. The van der Waals surface area contributed by atoms with E-state index in [9.17, 15) is 14.0 Å². The number of halogens is 1. The Hall–Kier alpha value is -1.99. The van der Waals surface area contributed by atoms with E-state index in [1.807, 2.05) is 6.92 Å². The standard InChI is InChI=1S/C14H19FN2O4/c1-3-21-8(2)9-4-10(6-11(15)5-9)13(18)17-7-12(16)14(19)20/h4-6,8,12H,3,7,16H2,1-2H3,(H,17,18)(H,19,20)/t8?,12-/m1/s1. The van der Waals surface area contributed by atoms with Gasteiger partial charge in [-0.25, -0.2) is 4.39 Å². The Bertz CT molecular complexity index is 522. The molecule has 1 aromatic carbocycles. The molecule has 0 aliphatic carbocycles. The molecule has 0 spiro atoms. The van der Waals surface area contributed by atoms with E-state index in [4.69, 9.17) is 15.6 Å². The maximum absolute atomic E-state index is 13.6. The molecule has 0 saturated carbocycles. The maximum atomic E-state index is 13.6. The van der Waals surface area contributed by atoms with Crippen LogP contribution in [0.15, 0.2) is 18.2 Å². The fraction of sp³-hybridized carbons (Fsp3) is 0.429. The highest BCUT2D eigenvalue weighted by Gasteiger charge is 2.16. The summed E-state index contributed by atoms with van der Waals surface area (Å²) in [5.74, 6) is -2.37. The Kier molecular flexibility index (Phi) is 6.26. The first kappa shape index (κ1) is 17.1. The van der Waals surface area contributed by atoms with Crippen molar-refractivity contribution in [2.75, 3.05) is 13.2 Å². The second-order valence-electron chi connectivity index (χ2n) is 4.53. The number of aliphatic carboxylic acids is 1. The fourth-order valence-electron chi connectivity index (χ4n) is 1.72. The van der Waals surface area contributed by atoms with E-state index in [0.29, 0.717) is 12.2 Å². The van der Waals surface area contributed by atoms with Gasteiger partial charge in [0.05, 0.1) is 6.10 Å². The van der Waals surface area contributed by atoms with E-state index in [0.717, 1.165) is 6.07 Å². The van der Waals surface area contributed by atoms with Crippen LogP contribution in [-0.4, -0.2) is 36.2 Å². The van der Waals surface area contributed by atoms with Gasteiger partial charge in [0.15, 0.2) is 0 Å². The number of carbonyl (C=O) groups is 2. The van der Waals surface area contributed by atoms with Gasteiger partial charge in [0, 0.05) is 18.7 Å². The zero-order valence-corrected chi connectivity index (χ0v) is 11.9. The first-order valence-corrected chi connectivity index (χ1v) is 6.53. The molecule has 21 heavy (non-hydrogen) atoms. The van der Waals surface area contributed by atoms with Crippen LogP contribution >= 0.6 is 0 Å². The Labute approximate surface area is 122 Å². The number of ether oxygens (including phenoxy) is 1. The van der Waals surface area contributed by atoms with E-state index in [1.165, 1.54) is 12.1 Å². The molecule has 7 heteroatoms. The molecule has 0 radical (unpaired) electrons. The number of nitrogens with two attached hydrogens (primary N) is 1. The van der Waals surface area contributed by atoms with Crippen molar-refractivity contribution in [3.8, 4) is 0 Å². The van der Waals surface area contributed by atoms with Gasteiger partial charge in [-0.15, -0.1) is 0 Å². The first-order chi connectivity index (χ1) is 9.85. The van der Waals surface area contributed by atoms with Gasteiger partial charge in [-0.2, -0.15) is 0 Å². The molecule has 116 valence electrons. The van der Waals surface area contributed by atoms with Gasteiger partial charge in [-0.05, 0) is 37.6 Å². The van der Waals surface area contributed by atoms with Crippen LogP contribution < -0.4 is 11.1 Å². The number of hydrogen-bond acceptors (Lipinski definition) is 4. The molecule has 0 saturated heterocycles. The van der Waals surface area contributed by atoms with Gasteiger partial charge in [-0.3, -0.25) is 9.59 Å². The highest BCUT2D eigenvalue weighted by atomic mass is 19.1. The lowest BCUT2D eigenvalue weighted by atomic mass is 10.1. The summed E-state index contributed by atoms with van der Waals surface area (Å²) in [6, 6.07) is 2.67. The number of carboxylic acid groups (broad SMARTS) is 1. The van der Waals surface area contributed by atoms with Crippen molar-refractivity contribution in [1.82, 2.24) is 5.32 Å². The molecule has 0 bridgehead atoms. The SMILES string of the molecule is CCOC(C)c1cc(F)cc(C(=O)NC[C@@H](N)C(=O)O)c1. The van der Waals surface area contributed by atoms with Gasteiger partial charge in [0.1, 0.15) is 11.9 Å². The fourth-order valence-corrected chi connectivity index (χ4v) is 1.72. The molecule has 1 unspecified atom stereocenters. The number of carbonyl (C=O) groups excluding carboxylic acids is 1. The van der Waals surface area contributed by atoms with Crippen LogP contribution in [0.1, 0.15) is 35.9 Å². The van der Waals surface area contributed by atoms with Gasteiger partial charge >= 0.3 is 5.97 Å². The molecule has 6 nitrogen and oxygen atoms in total. The minimum absolute atomic E-state index is 0.0918. The second-order valence-corrected chi connectivity index (χ2v) is 4.53. The largest absolute Gasteiger partial charge is 0.480 e. The predicted molar refractivity (Wildman–Crippen MR) is 74.4 cm³/mol. The van der Waals surface area contributed by atoms with Crippen molar-refractivity contribution in [2.24, 2.45) is 5.73 Å².